The fourth-order valence-corrected chi connectivity index (χ4v) is 4.19. The average Bonchev–Trinajstić information content (AvgIpc) is 2.95. The number of carbonyl (C=O) groups is 1. The van der Waals surface area contributed by atoms with E-state index in [-0.39, 0.29) is 5.91 Å². The lowest BCUT2D eigenvalue weighted by Gasteiger charge is -2.21. The number of carbonyl (C=O) groups excluding carboxylic acids is 1. The van der Waals surface area contributed by atoms with Gasteiger partial charge in [0.05, 0.1) is 22.0 Å². The molecule has 2 heterocycles. The zero-order valence-electron chi connectivity index (χ0n) is 15.7. The minimum absolute atomic E-state index is 0.180. The highest BCUT2D eigenvalue weighted by molar-refractivity contribution is 7.97. The van der Waals surface area contributed by atoms with Crippen LogP contribution in [0.5, 0.6) is 0 Å². The number of aryl methyl sites for hydroxylation is 1. The van der Waals surface area contributed by atoms with Crippen LogP contribution in [0.4, 0.5) is 5.69 Å². The molecule has 3 N–H and O–H groups in total. The van der Waals surface area contributed by atoms with Gasteiger partial charge in [-0.25, -0.2) is 4.98 Å². The van der Waals surface area contributed by atoms with Crippen molar-refractivity contribution in [2.75, 3.05) is 5.32 Å². The van der Waals surface area contributed by atoms with E-state index in [4.69, 9.17) is 21.7 Å². The van der Waals surface area contributed by atoms with Crippen LogP contribution in [-0.4, -0.2) is 15.9 Å². The van der Waals surface area contributed by atoms with Crippen molar-refractivity contribution in [3.8, 4) is 0 Å². The molecule has 0 aliphatic heterocycles. The second-order valence-corrected chi connectivity index (χ2v) is 8.07. The first kappa shape index (κ1) is 20.1. The number of nitrogens with one attached hydrogen (secondary N) is 1. The topological polar surface area (TPSA) is 80.9 Å². The smallest absolute Gasteiger partial charge is 0.257 e. The Bertz CT molecular complexity index is 835. The summed E-state index contributed by atoms with van der Waals surface area (Å²) in [6, 6.07) is 3.51. The molecule has 0 spiro atoms. The zero-order valence-corrected chi connectivity index (χ0v) is 17.3. The first-order valence-corrected chi connectivity index (χ1v) is 10.6. The first-order valence-electron chi connectivity index (χ1n) is 9.32. The fourth-order valence-electron chi connectivity index (χ4n) is 3.74. The Morgan fingerprint density at radius 3 is 2.63 bits per heavy atom. The van der Waals surface area contributed by atoms with E-state index in [9.17, 15) is 4.79 Å². The SMILES string of the molecule is Cc1nc(C2CCCCCC2)c(C(=O)Nc2ccnc(SN)c2)c(C)c1Cl. The molecule has 1 aliphatic carbocycles. The normalized spacial score (nSPS) is 15.4. The fraction of sp³-hybridized carbons (Fsp3) is 0.450. The number of anilines is 1. The van der Waals surface area contributed by atoms with E-state index in [1.165, 1.54) is 25.7 Å². The number of pyridine rings is 2. The van der Waals surface area contributed by atoms with E-state index in [0.717, 1.165) is 41.7 Å². The minimum atomic E-state index is -0.180. The van der Waals surface area contributed by atoms with Crippen molar-refractivity contribution in [1.82, 2.24) is 9.97 Å². The van der Waals surface area contributed by atoms with Crippen LogP contribution in [0.2, 0.25) is 5.02 Å². The lowest BCUT2D eigenvalue weighted by Crippen LogP contribution is -2.20. The molecule has 0 bridgehead atoms. The van der Waals surface area contributed by atoms with Gasteiger partial charge in [0.15, 0.2) is 0 Å². The third kappa shape index (κ3) is 4.62. The van der Waals surface area contributed by atoms with Gasteiger partial charge >= 0.3 is 0 Å². The summed E-state index contributed by atoms with van der Waals surface area (Å²) in [5.74, 6) is 0.121. The summed E-state index contributed by atoms with van der Waals surface area (Å²) in [5, 5.41) is 9.75. The van der Waals surface area contributed by atoms with Crippen LogP contribution in [0.1, 0.15) is 71.8 Å². The lowest BCUT2D eigenvalue weighted by atomic mass is 9.90. The van der Waals surface area contributed by atoms with Crippen molar-refractivity contribution in [1.29, 1.82) is 0 Å². The number of halogens is 1. The largest absolute Gasteiger partial charge is 0.322 e. The Kier molecular flexibility index (Phi) is 6.73. The molecule has 27 heavy (non-hydrogen) atoms. The lowest BCUT2D eigenvalue weighted by molar-refractivity contribution is 0.102. The van der Waals surface area contributed by atoms with Crippen LogP contribution in [0.15, 0.2) is 23.4 Å². The molecule has 0 aromatic carbocycles. The molecule has 3 rings (SSSR count). The molecule has 1 aliphatic rings. The van der Waals surface area contributed by atoms with E-state index in [0.29, 0.717) is 27.2 Å². The summed E-state index contributed by atoms with van der Waals surface area (Å²) < 4.78 is 0. The predicted octanol–water partition coefficient (Wildman–Crippen LogP) is 5.40. The third-order valence-corrected chi connectivity index (χ3v) is 6.17. The number of amides is 1. The number of nitrogens with zero attached hydrogens (tertiary/aromatic N) is 2. The molecule has 144 valence electrons. The highest BCUT2D eigenvalue weighted by Gasteiger charge is 2.26. The molecule has 7 heteroatoms. The van der Waals surface area contributed by atoms with Crippen molar-refractivity contribution in [2.24, 2.45) is 5.14 Å². The third-order valence-electron chi connectivity index (χ3n) is 5.15. The van der Waals surface area contributed by atoms with Gasteiger partial charge in [0.2, 0.25) is 0 Å². The molecule has 5 nitrogen and oxygen atoms in total. The number of aromatic nitrogens is 2. The molecule has 1 fully saturated rings. The summed E-state index contributed by atoms with van der Waals surface area (Å²) in [6.07, 6.45) is 8.61. The maximum Gasteiger partial charge on any atom is 0.257 e. The molecular formula is C20H25ClN4OS. The van der Waals surface area contributed by atoms with Crippen molar-refractivity contribution < 1.29 is 4.79 Å². The standard InChI is InChI=1S/C20H25ClN4OS/c1-12-17(20(26)25-15-9-10-23-16(11-15)27-22)19(24-13(2)18(12)21)14-7-5-3-4-6-8-14/h9-11,14H,3-8,22H2,1-2H3,(H,23,25,26). The molecule has 0 saturated heterocycles. The molecule has 1 saturated carbocycles. The quantitative estimate of drug-likeness (QED) is 0.526. The number of hydrogen-bond acceptors (Lipinski definition) is 5. The van der Waals surface area contributed by atoms with Gasteiger partial charge in [0, 0.05) is 17.8 Å². The number of nitrogens with two attached hydrogens (primary N) is 1. The van der Waals surface area contributed by atoms with Gasteiger partial charge in [-0.3, -0.25) is 14.9 Å². The van der Waals surface area contributed by atoms with Crippen molar-refractivity contribution in [3.05, 3.63) is 45.9 Å². The van der Waals surface area contributed by atoms with Crippen LogP contribution in [0, 0.1) is 13.8 Å². The van der Waals surface area contributed by atoms with Crippen molar-refractivity contribution >= 4 is 35.1 Å². The van der Waals surface area contributed by atoms with Crippen LogP contribution < -0.4 is 10.5 Å². The highest BCUT2D eigenvalue weighted by Crippen LogP contribution is 2.36. The van der Waals surface area contributed by atoms with Gasteiger partial charge < -0.3 is 5.32 Å². The van der Waals surface area contributed by atoms with Crippen LogP contribution >= 0.6 is 23.5 Å². The molecule has 2 aromatic heterocycles. The zero-order chi connectivity index (χ0) is 19.4. The second-order valence-electron chi connectivity index (χ2n) is 7.04. The summed E-state index contributed by atoms with van der Waals surface area (Å²) >= 11 is 7.49. The van der Waals surface area contributed by atoms with E-state index < -0.39 is 0 Å². The molecule has 2 aromatic rings. The van der Waals surface area contributed by atoms with E-state index in [1.807, 2.05) is 13.8 Å². The molecule has 0 unspecified atom stereocenters. The van der Waals surface area contributed by atoms with Crippen LogP contribution in [-0.2, 0) is 0 Å². The Balaban J connectivity index is 1.99. The minimum Gasteiger partial charge on any atom is -0.322 e. The number of rotatable bonds is 4. The molecular weight excluding hydrogens is 380 g/mol. The van der Waals surface area contributed by atoms with Gasteiger partial charge in [0.25, 0.3) is 5.91 Å². The van der Waals surface area contributed by atoms with Gasteiger partial charge in [-0.15, -0.1) is 0 Å². The Labute approximate surface area is 169 Å². The molecule has 1 amide bonds. The van der Waals surface area contributed by atoms with E-state index >= 15 is 0 Å². The Morgan fingerprint density at radius 2 is 1.96 bits per heavy atom. The average molecular weight is 405 g/mol. The second kappa shape index (κ2) is 9.04. The molecule has 0 radical (unpaired) electrons. The highest BCUT2D eigenvalue weighted by atomic mass is 35.5. The summed E-state index contributed by atoms with van der Waals surface area (Å²) in [7, 11) is 0. The van der Waals surface area contributed by atoms with Gasteiger partial charge in [-0.2, -0.15) is 0 Å². The Hall–Kier alpha value is -1.63. The number of hydrogen-bond donors (Lipinski definition) is 2. The van der Waals surface area contributed by atoms with Gasteiger partial charge in [0.1, 0.15) is 5.03 Å². The van der Waals surface area contributed by atoms with Gasteiger partial charge in [-0.1, -0.05) is 37.3 Å². The monoisotopic (exact) mass is 404 g/mol. The predicted molar refractivity (Wildman–Crippen MR) is 111 cm³/mol. The summed E-state index contributed by atoms with van der Waals surface area (Å²) in [4.78, 5) is 22.1. The van der Waals surface area contributed by atoms with Crippen molar-refractivity contribution in [2.45, 2.75) is 63.3 Å². The van der Waals surface area contributed by atoms with Gasteiger partial charge in [-0.05, 0) is 56.3 Å². The summed E-state index contributed by atoms with van der Waals surface area (Å²) in [5.41, 5.74) is 3.73. The van der Waals surface area contributed by atoms with E-state index in [2.05, 4.69) is 10.3 Å². The first-order chi connectivity index (χ1) is 13.0. The van der Waals surface area contributed by atoms with Crippen LogP contribution in [0.25, 0.3) is 0 Å². The maximum absolute atomic E-state index is 13.2. The van der Waals surface area contributed by atoms with E-state index in [1.54, 1.807) is 18.3 Å². The van der Waals surface area contributed by atoms with Crippen molar-refractivity contribution in [3.63, 3.8) is 0 Å². The Morgan fingerprint density at radius 1 is 1.26 bits per heavy atom. The maximum atomic E-state index is 13.2. The van der Waals surface area contributed by atoms with Crippen LogP contribution in [0.3, 0.4) is 0 Å². The molecule has 0 atom stereocenters. The summed E-state index contributed by atoms with van der Waals surface area (Å²) in [6.45, 7) is 3.81.